The minimum Gasteiger partial charge on any atom is -0.469 e. The van der Waals surface area contributed by atoms with Crippen LogP contribution in [0, 0.1) is 23.7 Å². The van der Waals surface area contributed by atoms with Gasteiger partial charge in [0.15, 0.2) is 11.6 Å². The zero-order valence-corrected chi connectivity index (χ0v) is 30.0. The second-order valence-electron chi connectivity index (χ2n) is 13.3. The van der Waals surface area contributed by atoms with E-state index in [9.17, 15) is 34.2 Å². The quantitative estimate of drug-likeness (QED) is 0.160. The second-order valence-corrected chi connectivity index (χ2v) is 13.3. The molecular weight excluding hydrogens is 628 g/mol. The number of carbonyl (C=O) groups excluding carboxylic acids is 5. The van der Waals surface area contributed by atoms with Crippen LogP contribution in [0.15, 0.2) is 60.7 Å². The zero-order valence-electron chi connectivity index (χ0n) is 30.0. The molecule has 0 fully saturated rings. The summed E-state index contributed by atoms with van der Waals surface area (Å²) in [5.41, 5.74) is 7.80. The summed E-state index contributed by atoms with van der Waals surface area (Å²) in [6.45, 7) is 9.18. The van der Waals surface area contributed by atoms with Crippen LogP contribution in [-0.2, 0) is 46.3 Å². The Morgan fingerprint density at radius 1 is 0.673 bits per heavy atom. The summed E-state index contributed by atoms with van der Waals surface area (Å²) in [5, 5.41) is 23.3. The van der Waals surface area contributed by atoms with E-state index < -0.39 is 59.6 Å². The molecule has 0 spiro atoms. The number of aliphatic hydroxyl groups is 2. The third kappa shape index (κ3) is 16.8. The highest BCUT2D eigenvalue weighted by Crippen LogP contribution is 2.21. The van der Waals surface area contributed by atoms with Crippen LogP contribution in [0.3, 0.4) is 0 Å². The van der Waals surface area contributed by atoms with E-state index in [4.69, 9.17) is 15.2 Å². The van der Waals surface area contributed by atoms with Crippen molar-refractivity contribution in [3.05, 3.63) is 71.8 Å². The summed E-state index contributed by atoms with van der Waals surface area (Å²) in [6, 6.07) is 17.3. The maximum Gasteiger partial charge on any atom is 0.309 e. The first kappa shape index (κ1) is 43.1. The van der Waals surface area contributed by atoms with Crippen LogP contribution < -0.4 is 11.1 Å². The van der Waals surface area contributed by atoms with Crippen molar-refractivity contribution in [1.29, 1.82) is 0 Å². The maximum absolute atomic E-state index is 12.6. The number of benzene rings is 2. The van der Waals surface area contributed by atoms with Gasteiger partial charge in [0, 0.05) is 25.8 Å². The molecule has 0 aliphatic rings. The summed E-state index contributed by atoms with van der Waals surface area (Å²) in [7, 11) is 2.59. The highest BCUT2D eigenvalue weighted by Gasteiger charge is 2.32. The van der Waals surface area contributed by atoms with Gasteiger partial charge in [-0.2, -0.15) is 0 Å². The molecule has 49 heavy (non-hydrogen) atoms. The van der Waals surface area contributed by atoms with Crippen molar-refractivity contribution in [3.63, 3.8) is 0 Å². The zero-order chi connectivity index (χ0) is 37.1. The van der Waals surface area contributed by atoms with E-state index in [2.05, 4.69) is 5.32 Å². The molecule has 2 rings (SSSR count). The highest BCUT2D eigenvalue weighted by molar-refractivity contribution is 5.89. The Labute approximate surface area is 290 Å². The lowest BCUT2D eigenvalue weighted by Crippen LogP contribution is -2.48. The van der Waals surface area contributed by atoms with Gasteiger partial charge in [0.25, 0.3) is 0 Å². The highest BCUT2D eigenvalue weighted by atomic mass is 16.5. The van der Waals surface area contributed by atoms with E-state index >= 15 is 0 Å². The van der Waals surface area contributed by atoms with Crippen LogP contribution in [0.25, 0.3) is 0 Å². The van der Waals surface area contributed by atoms with Crippen LogP contribution in [-0.4, -0.2) is 78.1 Å². The maximum atomic E-state index is 12.6. The van der Waals surface area contributed by atoms with E-state index in [1.54, 1.807) is 0 Å². The van der Waals surface area contributed by atoms with Crippen molar-refractivity contribution < 1.29 is 43.7 Å². The number of methoxy groups -OCH3 is 2. The van der Waals surface area contributed by atoms with Gasteiger partial charge in [0.05, 0.1) is 32.1 Å². The molecule has 5 N–H and O–H groups in total. The Morgan fingerprint density at radius 2 is 1.06 bits per heavy atom. The fourth-order valence-corrected chi connectivity index (χ4v) is 5.56. The van der Waals surface area contributed by atoms with Crippen LogP contribution >= 0.6 is 0 Å². The van der Waals surface area contributed by atoms with Gasteiger partial charge in [-0.05, 0) is 48.6 Å². The van der Waals surface area contributed by atoms with Gasteiger partial charge in [0.2, 0.25) is 5.91 Å². The molecule has 0 aliphatic carbocycles. The summed E-state index contributed by atoms with van der Waals surface area (Å²) in [5.74, 6) is -2.77. The molecule has 272 valence electrons. The molecule has 0 aromatic heterocycles. The number of ether oxygens (including phenoxy) is 2. The minimum absolute atomic E-state index is 0.0471. The van der Waals surface area contributed by atoms with Gasteiger partial charge in [-0.1, -0.05) is 88.4 Å². The summed E-state index contributed by atoms with van der Waals surface area (Å²) in [6.07, 6.45) is -1.08. The lowest BCUT2D eigenvalue weighted by molar-refractivity contribution is -0.149. The largest absolute Gasteiger partial charge is 0.469 e. The molecule has 0 unspecified atom stereocenters. The number of hydrogen-bond donors (Lipinski definition) is 4. The van der Waals surface area contributed by atoms with Crippen molar-refractivity contribution in [2.75, 3.05) is 14.2 Å². The minimum atomic E-state index is -1.39. The van der Waals surface area contributed by atoms with Crippen molar-refractivity contribution in [3.8, 4) is 0 Å². The van der Waals surface area contributed by atoms with Crippen molar-refractivity contribution >= 4 is 29.4 Å². The standard InChI is InChI=1S/C20H29NO5.C18H27NO4/c1-13(2)10-16(20(25)26-4)12-18(23)19(24)17(21-14(3)22)11-15-8-6-5-7-9-15;1-12(2)9-14(18(22)23-3)11-16(20)17(21)15(19)10-13-7-5-4-6-8-13/h5-9,13,16-17,19,24H,10-12H2,1-4H3,(H,21,22);4-8,12,14-15,17,21H,9-11,19H2,1-3H3/t16-,17-,19+;14-,15-,17+/m11/s1. The lowest BCUT2D eigenvalue weighted by Gasteiger charge is -2.24. The number of amides is 1. The van der Waals surface area contributed by atoms with Crippen LogP contribution in [0.5, 0.6) is 0 Å². The van der Waals surface area contributed by atoms with E-state index in [1.807, 2.05) is 88.4 Å². The van der Waals surface area contributed by atoms with Crippen molar-refractivity contribution in [2.24, 2.45) is 29.4 Å². The van der Waals surface area contributed by atoms with Crippen LogP contribution in [0.2, 0.25) is 0 Å². The number of rotatable bonds is 19. The van der Waals surface area contributed by atoms with Gasteiger partial charge < -0.3 is 30.7 Å². The van der Waals surface area contributed by atoms with Crippen molar-refractivity contribution in [2.45, 2.75) is 97.4 Å². The Morgan fingerprint density at radius 3 is 1.43 bits per heavy atom. The Bertz CT molecular complexity index is 1300. The summed E-state index contributed by atoms with van der Waals surface area (Å²) < 4.78 is 9.52. The number of hydrogen-bond acceptors (Lipinski definition) is 10. The first-order valence-corrected chi connectivity index (χ1v) is 16.8. The monoisotopic (exact) mass is 684 g/mol. The third-order valence-corrected chi connectivity index (χ3v) is 7.92. The molecule has 2 aromatic carbocycles. The topological polar surface area (TPSA) is 182 Å². The molecule has 0 heterocycles. The molecule has 0 bridgehead atoms. The molecule has 0 aliphatic heterocycles. The number of Topliss-reactive ketones (excluding diaryl/α,β-unsaturated/α-hetero) is 2. The van der Waals surface area contributed by atoms with E-state index in [-0.39, 0.29) is 30.6 Å². The average Bonchev–Trinajstić information content (AvgIpc) is 3.06. The normalized spacial score (nSPS) is 14.7. The summed E-state index contributed by atoms with van der Waals surface area (Å²) in [4.78, 5) is 60.0. The van der Waals surface area contributed by atoms with E-state index in [1.165, 1.54) is 21.1 Å². The molecular formula is C38H56N2O9. The first-order chi connectivity index (χ1) is 23.1. The third-order valence-electron chi connectivity index (χ3n) is 7.92. The smallest absolute Gasteiger partial charge is 0.309 e. The molecule has 2 aromatic rings. The molecule has 1 amide bonds. The number of nitrogens with one attached hydrogen (secondary N) is 1. The predicted molar refractivity (Wildman–Crippen MR) is 187 cm³/mol. The molecule has 11 heteroatoms. The van der Waals surface area contributed by atoms with E-state index in [0.717, 1.165) is 11.1 Å². The second kappa shape index (κ2) is 22.7. The molecule has 0 saturated carbocycles. The molecule has 6 atom stereocenters. The van der Waals surface area contributed by atoms with E-state index in [0.29, 0.717) is 25.7 Å². The Hall–Kier alpha value is -3.93. The average molecular weight is 685 g/mol. The number of carbonyl (C=O) groups is 5. The van der Waals surface area contributed by atoms with Crippen LogP contribution in [0.1, 0.15) is 71.4 Å². The van der Waals surface area contributed by atoms with Crippen LogP contribution in [0.4, 0.5) is 0 Å². The number of nitrogens with two attached hydrogens (primary N) is 1. The fraction of sp³-hybridized carbons (Fsp3) is 0.553. The van der Waals surface area contributed by atoms with Gasteiger partial charge >= 0.3 is 11.9 Å². The Kier molecular flexibility index (Phi) is 19.9. The first-order valence-electron chi connectivity index (χ1n) is 16.8. The summed E-state index contributed by atoms with van der Waals surface area (Å²) >= 11 is 0. The predicted octanol–water partition coefficient (Wildman–Crippen LogP) is 3.60. The number of aliphatic hydroxyl groups excluding tert-OH is 2. The lowest BCUT2D eigenvalue weighted by atomic mass is 9.88. The number of ketones is 2. The molecule has 0 saturated heterocycles. The molecule has 0 radical (unpaired) electrons. The fourth-order valence-electron chi connectivity index (χ4n) is 5.56. The van der Waals surface area contributed by atoms with Gasteiger partial charge in [-0.3, -0.25) is 24.0 Å². The molecule has 11 nitrogen and oxygen atoms in total. The van der Waals surface area contributed by atoms with Gasteiger partial charge in [-0.15, -0.1) is 0 Å². The van der Waals surface area contributed by atoms with Crippen molar-refractivity contribution in [1.82, 2.24) is 5.32 Å². The number of esters is 2. The Balaban J connectivity index is 0.000000494. The SMILES string of the molecule is COC(=O)[C@@H](CC(=O)[C@@H](O)[C@@H](Cc1ccccc1)NC(C)=O)CC(C)C.COC(=O)[C@@H](CC(=O)[C@@H](O)[C@H](N)Cc1ccccc1)CC(C)C. The van der Waals surface area contributed by atoms with Gasteiger partial charge in [-0.25, -0.2) is 0 Å². The van der Waals surface area contributed by atoms with Gasteiger partial charge in [0.1, 0.15) is 12.2 Å².